The summed E-state index contributed by atoms with van der Waals surface area (Å²) in [6.45, 7) is 8.59. The van der Waals surface area contributed by atoms with E-state index in [1.54, 1.807) is 7.05 Å². The third-order valence-corrected chi connectivity index (χ3v) is 4.75. The van der Waals surface area contributed by atoms with Crippen LogP contribution in [0.2, 0.25) is 0 Å². The zero-order chi connectivity index (χ0) is 16.3. The van der Waals surface area contributed by atoms with E-state index in [4.69, 9.17) is 4.74 Å². The first-order chi connectivity index (χ1) is 10.4. The van der Waals surface area contributed by atoms with Crippen molar-refractivity contribution >= 4 is 12.0 Å². The molecule has 0 aromatic heterocycles. The number of likely N-dealkylation sites (tertiary alicyclic amines) is 1. The number of alkyl carbamates (subject to hydrolysis) is 1. The van der Waals surface area contributed by atoms with Crippen LogP contribution in [-0.4, -0.2) is 66.2 Å². The summed E-state index contributed by atoms with van der Waals surface area (Å²) in [7, 11) is 1.57. The van der Waals surface area contributed by atoms with Crippen LogP contribution in [0.3, 0.4) is 0 Å². The van der Waals surface area contributed by atoms with Crippen LogP contribution in [0.15, 0.2) is 0 Å². The van der Waals surface area contributed by atoms with Crippen LogP contribution in [0.4, 0.5) is 4.79 Å². The molecule has 2 amide bonds. The molecule has 0 spiro atoms. The topological polar surface area (TPSA) is 61.9 Å². The molecule has 2 saturated heterocycles. The van der Waals surface area contributed by atoms with Crippen LogP contribution in [0.5, 0.6) is 0 Å². The van der Waals surface area contributed by atoms with Gasteiger partial charge in [0.2, 0.25) is 5.91 Å². The van der Waals surface area contributed by atoms with Crippen LogP contribution in [0.25, 0.3) is 0 Å². The summed E-state index contributed by atoms with van der Waals surface area (Å²) in [5.41, 5.74) is -0.477. The number of piperazine rings is 1. The lowest BCUT2D eigenvalue weighted by Gasteiger charge is -2.42. The molecule has 6 nitrogen and oxygen atoms in total. The predicted molar refractivity (Wildman–Crippen MR) is 84.6 cm³/mol. The van der Waals surface area contributed by atoms with Gasteiger partial charge in [0.25, 0.3) is 0 Å². The molecule has 126 valence electrons. The van der Waals surface area contributed by atoms with Gasteiger partial charge < -0.3 is 15.0 Å². The van der Waals surface area contributed by atoms with Gasteiger partial charge in [0.1, 0.15) is 5.60 Å². The van der Waals surface area contributed by atoms with Gasteiger partial charge in [-0.2, -0.15) is 0 Å². The monoisotopic (exact) mass is 311 g/mol. The second-order valence-electron chi connectivity index (χ2n) is 6.95. The minimum absolute atomic E-state index is 0.287. The van der Waals surface area contributed by atoms with Crippen molar-refractivity contribution in [1.29, 1.82) is 0 Å². The smallest absolute Gasteiger partial charge is 0.407 e. The highest BCUT2D eigenvalue weighted by atomic mass is 16.6. The molecule has 2 atom stereocenters. The Kier molecular flexibility index (Phi) is 5.32. The number of amides is 2. The standard InChI is InChI=1S/C16H29N3O3/c1-5-14(20)19-12-6-7-13(19)11-18(10-12)9-8-16(2,3)22-15(21)17-4/h12-13H,5-11H2,1-4H3,(H,17,21). The van der Waals surface area contributed by atoms with E-state index in [9.17, 15) is 9.59 Å². The summed E-state index contributed by atoms with van der Waals surface area (Å²) < 4.78 is 5.38. The molecule has 22 heavy (non-hydrogen) atoms. The number of nitrogens with one attached hydrogen (secondary N) is 1. The Balaban J connectivity index is 1.84. The number of nitrogens with zero attached hydrogens (tertiary/aromatic N) is 2. The van der Waals surface area contributed by atoms with Gasteiger partial charge >= 0.3 is 6.09 Å². The molecule has 0 saturated carbocycles. The van der Waals surface area contributed by atoms with Crippen LogP contribution >= 0.6 is 0 Å². The minimum Gasteiger partial charge on any atom is -0.443 e. The van der Waals surface area contributed by atoms with Crippen molar-refractivity contribution in [1.82, 2.24) is 15.1 Å². The van der Waals surface area contributed by atoms with Crippen molar-refractivity contribution in [3.8, 4) is 0 Å². The number of fused-ring (bicyclic) bond motifs is 2. The Morgan fingerprint density at radius 3 is 2.32 bits per heavy atom. The highest BCUT2D eigenvalue weighted by Gasteiger charge is 2.41. The third kappa shape index (κ3) is 3.91. The fourth-order valence-electron chi connectivity index (χ4n) is 3.54. The lowest BCUT2D eigenvalue weighted by Crippen LogP contribution is -2.56. The molecule has 2 rings (SSSR count). The average molecular weight is 311 g/mol. The van der Waals surface area contributed by atoms with Crippen molar-refractivity contribution in [3.63, 3.8) is 0 Å². The maximum Gasteiger partial charge on any atom is 0.407 e. The average Bonchev–Trinajstić information content (AvgIpc) is 2.74. The van der Waals surface area contributed by atoms with E-state index < -0.39 is 5.60 Å². The Bertz CT molecular complexity index is 411. The Morgan fingerprint density at radius 1 is 1.23 bits per heavy atom. The van der Waals surface area contributed by atoms with E-state index in [2.05, 4.69) is 15.1 Å². The van der Waals surface area contributed by atoms with Crippen molar-refractivity contribution in [2.75, 3.05) is 26.7 Å². The SMILES string of the molecule is CCC(=O)N1C2CCC1CN(CCC(C)(C)OC(=O)NC)C2. The molecular weight excluding hydrogens is 282 g/mol. The Hall–Kier alpha value is -1.30. The fourth-order valence-corrected chi connectivity index (χ4v) is 3.54. The van der Waals surface area contributed by atoms with E-state index in [0.717, 1.165) is 38.9 Å². The van der Waals surface area contributed by atoms with Gasteiger partial charge in [-0.05, 0) is 33.1 Å². The van der Waals surface area contributed by atoms with Gasteiger partial charge in [-0.3, -0.25) is 9.69 Å². The van der Waals surface area contributed by atoms with E-state index in [1.165, 1.54) is 0 Å². The number of rotatable bonds is 5. The number of hydrogen-bond donors (Lipinski definition) is 1. The van der Waals surface area contributed by atoms with Crippen LogP contribution in [0.1, 0.15) is 46.5 Å². The molecule has 0 radical (unpaired) electrons. The zero-order valence-corrected chi connectivity index (χ0v) is 14.2. The second kappa shape index (κ2) is 6.86. The Morgan fingerprint density at radius 2 is 1.82 bits per heavy atom. The predicted octanol–water partition coefficient (Wildman–Crippen LogP) is 1.60. The van der Waals surface area contributed by atoms with Crippen LogP contribution in [0, 0.1) is 0 Å². The zero-order valence-electron chi connectivity index (χ0n) is 14.2. The van der Waals surface area contributed by atoms with E-state index >= 15 is 0 Å². The van der Waals surface area contributed by atoms with Crippen molar-refractivity contribution in [2.45, 2.75) is 64.1 Å². The first kappa shape index (κ1) is 17.1. The molecule has 6 heteroatoms. The molecule has 1 N–H and O–H groups in total. The number of ether oxygens (including phenoxy) is 1. The molecule has 0 aliphatic carbocycles. The Labute approximate surface area is 133 Å². The van der Waals surface area contributed by atoms with Crippen molar-refractivity contribution in [2.24, 2.45) is 0 Å². The molecular formula is C16H29N3O3. The second-order valence-corrected chi connectivity index (χ2v) is 6.95. The molecule has 2 heterocycles. The molecule has 2 aliphatic heterocycles. The van der Waals surface area contributed by atoms with E-state index in [-0.39, 0.29) is 12.0 Å². The highest BCUT2D eigenvalue weighted by Crippen LogP contribution is 2.31. The minimum atomic E-state index is -0.477. The first-order valence-corrected chi connectivity index (χ1v) is 8.30. The normalized spacial score (nSPS) is 25.2. The maximum absolute atomic E-state index is 12.0. The van der Waals surface area contributed by atoms with Gasteiger partial charge in [-0.25, -0.2) is 4.79 Å². The van der Waals surface area contributed by atoms with Gasteiger partial charge in [0.15, 0.2) is 0 Å². The first-order valence-electron chi connectivity index (χ1n) is 8.30. The number of hydrogen-bond acceptors (Lipinski definition) is 4. The van der Waals surface area contributed by atoms with Crippen molar-refractivity contribution in [3.05, 3.63) is 0 Å². The number of carbonyl (C=O) groups excluding carboxylic acids is 2. The molecule has 0 aromatic carbocycles. The summed E-state index contributed by atoms with van der Waals surface area (Å²) in [4.78, 5) is 27.9. The van der Waals surface area contributed by atoms with Gasteiger partial charge in [-0.15, -0.1) is 0 Å². The largest absolute Gasteiger partial charge is 0.443 e. The molecule has 2 fully saturated rings. The molecule has 2 bridgehead atoms. The summed E-state index contributed by atoms with van der Waals surface area (Å²) >= 11 is 0. The maximum atomic E-state index is 12.0. The summed E-state index contributed by atoms with van der Waals surface area (Å²) in [5.74, 6) is 0.287. The fraction of sp³-hybridized carbons (Fsp3) is 0.875. The lowest BCUT2D eigenvalue weighted by atomic mass is 10.0. The van der Waals surface area contributed by atoms with Gasteiger partial charge in [-0.1, -0.05) is 6.92 Å². The van der Waals surface area contributed by atoms with E-state index in [1.807, 2.05) is 20.8 Å². The molecule has 2 aliphatic rings. The summed E-state index contributed by atoms with van der Waals surface area (Å²) in [5, 5.41) is 2.49. The van der Waals surface area contributed by atoms with Crippen LogP contribution in [-0.2, 0) is 9.53 Å². The molecule has 2 unspecified atom stereocenters. The van der Waals surface area contributed by atoms with Crippen LogP contribution < -0.4 is 5.32 Å². The highest BCUT2D eigenvalue weighted by molar-refractivity contribution is 5.77. The number of carbonyl (C=O) groups is 2. The quantitative estimate of drug-likeness (QED) is 0.838. The van der Waals surface area contributed by atoms with Gasteiger partial charge in [0.05, 0.1) is 0 Å². The third-order valence-electron chi connectivity index (χ3n) is 4.75. The van der Waals surface area contributed by atoms with Gasteiger partial charge in [0, 0.05) is 45.2 Å². The molecule has 0 aromatic rings. The summed E-state index contributed by atoms with van der Waals surface area (Å²) in [6.07, 6.45) is 3.24. The van der Waals surface area contributed by atoms with Crippen molar-refractivity contribution < 1.29 is 14.3 Å². The lowest BCUT2D eigenvalue weighted by molar-refractivity contribution is -0.136. The van der Waals surface area contributed by atoms with E-state index in [0.29, 0.717) is 18.5 Å². The summed E-state index contributed by atoms with van der Waals surface area (Å²) in [6, 6.07) is 0.739.